The first-order valence-electron chi connectivity index (χ1n) is 15.6. The minimum absolute atomic E-state index is 0.0531. The van der Waals surface area contributed by atoms with Crippen molar-refractivity contribution in [2.45, 2.75) is 63.7 Å². The van der Waals surface area contributed by atoms with Gasteiger partial charge in [0.05, 0.1) is 12.2 Å². The summed E-state index contributed by atoms with van der Waals surface area (Å²) in [5, 5.41) is 3.70. The number of ether oxygens (including phenoxy) is 1. The standard InChI is InChI=1S/C35H44N4O2/c40-35(32-14-5-7-16-34(32)41-24-10-23-37-21-8-9-22-37)38-26-29-13-4-6-15-33(29)36-20-19-30-17-18-31(27-38)39(30)25-28-11-2-1-3-12-28/h1-7,11-16,30-31,36H,8-10,17-27H2/t30-,31+/m0/s1. The average Bonchev–Trinajstić information content (AvgIpc) is 3.65. The fraction of sp³-hybridized carbons (Fsp3) is 0.457. The summed E-state index contributed by atoms with van der Waals surface area (Å²) in [5.74, 6) is 0.752. The molecule has 2 bridgehead atoms. The van der Waals surface area contributed by atoms with Crippen LogP contribution in [0.3, 0.4) is 0 Å². The van der Waals surface area contributed by atoms with E-state index in [2.05, 4.69) is 74.6 Å². The molecule has 3 aromatic carbocycles. The zero-order valence-electron chi connectivity index (χ0n) is 24.2. The molecule has 1 N–H and O–H groups in total. The van der Waals surface area contributed by atoms with Crippen LogP contribution in [0.2, 0.25) is 0 Å². The minimum Gasteiger partial charge on any atom is -0.493 e. The smallest absolute Gasteiger partial charge is 0.257 e. The van der Waals surface area contributed by atoms with Crippen LogP contribution in [0.1, 0.15) is 60.0 Å². The summed E-state index contributed by atoms with van der Waals surface area (Å²) in [6.07, 6.45) is 6.95. The summed E-state index contributed by atoms with van der Waals surface area (Å²) in [7, 11) is 0. The summed E-state index contributed by atoms with van der Waals surface area (Å²) >= 11 is 0. The molecule has 2 atom stereocenters. The number of para-hydroxylation sites is 2. The maximum absolute atomic E-state index is 14.4. The number of hydrogen-bond donors (Lipinski definition) is 1. The van der Waals surface area contributed by atoms with E-state index in [9.17, 15) is 4.79 Å². The van der Waals surface area contributed by atoms with E-state index < -0.39 is 0 Å². The Balaban J connectivity index is 1.23. The van der Waals surface area contributed by atoms with Gasteiger partial charge in [-0.1, -0.05) is 60.7 Å². The quantitative estimate of drug-likeness (QED) is 0.345. The molecule has 6 heteroatoms. The number of nitrogens with one attached hydrogen (secondary N) is 1. The predicted octanol–water partition coefficient (Wildman–Crippen LogP) is 6.04. The highest BCUT2D eigenvalue weighted by atomic mass is 16.5. The summed E-state index contributed by atoms with van der Waals surface area (Å²) in [4.78, 5) is 21.6. The van der Waals surface area contributed by atoms with Gasteiger partial charge in [0.1, 0.15) is 5.75 Å². The zero-order chi connectivity index (χ0) is 27.9. The Morgan fingerprint density at radius 1 is 0.854 bits per heavy atom. The highest BCUT2D eigenvalue weighted by Gasteiger charge is 2.36. The lowest BCUT2D eigenvalue weighted by atomic mass is 10.1. The Morgan fingerprint density at radius 3 is 2.49 bits per heavy atom. The Hall–Kier alpha value is -3.35. The molecular formula is C35H44N4O2. The molecule has 216 valence electrons. The molecule has 3 aliphatic heterocycles. The molecule has 3 aromatic rings. The van der Waals surface area contributed by atoms with Crippen molar-refractivity contribution in [3.05, 3.63) is 95.6 Å². The molecule has 0 aliphatic carbocycles. The fourth-order valence-electron chi connectivity index (χ4n) is 6.87. The molecular weight excluding hydrogens is 508 g/mol. The normalized spacial score (nSPS) is 21.6. The number of nitrogens with zero attached hydrogens (tertiary/aromatic N) is 3. The van der Waals surface area contributed by atoms with Crippen LogP contribution in [0.4, 0.5) is 5.69 Å². The monoisotopic (exact) mass is 552 g/mol. The van der Waals surface area contributed by atoms with Gasteiger partial charge < -0.3 is 19.9 Å². The van der Waals surface area contributed by atoms with E-state index in [1.54, 1.807) is 0 Å². The minimum atomic E-state index is 0.0531. The van der Waals surface area contributed by atoms with Gasteiger partial charge in [0.2, 0.25) is 0 Å². The summed E-state index contributed by atoms with van der Waals surface area (Å²) in [6, 6.07) is 27.9. The zero-order valence-corrected chi connectivity index (χ0v) is 24.2. The molecule has 0 unspecified atom stereocenters. The molecule has 41 heavy (non-hydrogen) atoms. The summed E-state index contributed by atoms with van der Waals surface area (Å²) in [6.45, 7) is 7.22. The van der Waals surface area contributed by atoms with Crippen molar-refractivity contribution in [1.29, 1.82) is 0 Å². The fourth-order valence-corrected chi connectivity index (χ4v) is 6.87. The maximum atomic E-state index is 14.4. The Bertz CT molecular complexity index is 1280. The van der Waals surface area contributed by atoms with Gasteiger partial charge in [-0.25, -0.2) is 0 Å². The van der Waals surface area contributed by atoms with Gasteiger partial charge in [-0.2, -0.15) is 0 Å². The van der Waals surface area contributed by atoms with Crippen LogP contribution in [0.5, 0.6) is 5.75 Å². The third-order valence-corrected chi connectivity index (χ3v) is 9.06. The maximum Gasteiger partial charge on any atom is 0.257 e. The topological polar surface area (TPSA) is 48.1 Å². The van der Waals surface area contributed by atoms with E-state index in [0.29, 0.717) is 43.1 Å². The van der Waals surface area contributed by atoms with E-state index in [-0.39, 0.29) is 5.91 Å². The van der Waals surface area contributed by atoms with E-state index in [0.717, 1.165) is 50.1 Å². The van der Waals surface area contributed by atoms with E-state index in [1.807, 2.05) is 24.3 Å². The van der Waals surface area contributed by atoms with Crippen molar-refractivity contribution in [3.8, 4) is 5.75 Å². The first kappa shape index (κ1) is 27.8. The second-order valence-corrected chi connectivity index (χ2v) is 11.8. The molecule has 2 saturated heterocycles. The van der Waals surface area contributed by atoms with Gasteiger partial charge in [0, 0.05) is 50.5 Å². The van der Waals surface area contributed by atoms with E-state index in [1.165, 1.54) is 37.9 Å². The number of hydrogen-bond acceptors (Lipinski definition) is 5. The van der Waals surface area contributed by atoms with Gasteiger partial charge in [-0.3, -0.25) is 9.69 Å². The Labute approximate surface area is 245 Å². The number of benzene rings is 3. The lowest BCUT2D eigenvalue weighted by molar-refractivity contribution is 0.0659. The lowest BCUT2D eigenvalue weighted by Gasteiger charge is -2.34. The van der Waals surface area contributed by atoms with Crippen LogP contribution in [0.15, 0.2) is 78.9 Å². The SMILES string of the molecule is O=C(c1ccccc1OCCCN1CCCC1)N1Cc2ccccc2NCC[C@@H]2CC[C@H](C1)N2Cc1ccccc1. The van der Waals surface area contributed by atoms with Crippen LogP contribution in [0.25, 0.3) is 0 Å². The molecule has 0 spiro atoms. The Kier molecular flexibility index (Phi) is 9.18. The molecule has 3 heterocycles. The molecule has 1 amide bonds. The number of amides is 1. The molecule has 0 radical (unpaired) electrons. The number of anilines is 1. The molecule has 0 aromatic heterocycles. The molecule has 0 saturated carbocycles. The van der Waals surface area contributed by atoms with E-state index >= 15 is 0 Å². The van der Waals surface area contributed by atoms with Crippen molar-refractivity contribution in [3.63, 3.8) is 0 Å². The van der Waals surface area contributed by atoms with Crippen LogP contribution < -0.4 is 10.1 Å². The van der Waals surface area contributed by atoms with Crippen molar-refractivity contribution in [2.24, 2.45) is 0 Å². The van der Waals surface area contributed by atoms with Crippen LogP contribution in [-0.2, 0) is 13.1 Å². The first-order valence-corrected chi connectivity index (χ1v) is 15.6. The summed E-state index contributed by atoms with van der Waals surface area (Å²) in [5.41, 5.74) is 4.29. The molecule has 3 aliphatic rings. The van der Waals surface area contributed by atoms with Gasteiger partial charge in [-0.05, 0) is 80.9 Å². The highest BCUT2D eigenvalue weighted by Crippen LogP contribution is 2.32. The third-order valence-electron chi connectivity index (χ3n) is 9.06. The average molecular weight is 553 g/mol. The van der Waals surface area contributed by atoms with E-state index in [4.69, 9.17) is 4.74 Å². The molecule has 6 nitrogen and oxygen atoms in total. The lowest BCUT2D eigenvalue weighted by Crippen LogP contribution is -2.44. The van der Waals surface area contributed by atoms with Gasteiger partial charge in [0.25, 0.3) is 5.91 Å². The second-order valence-electron chi connectivity index (χ2n) is 11.8. The number of carbonyl (C=O) groups is 1. The Morgan fingerprint density at radius 2 is 1.61 bits per heavy atom. The van der Waals surface area contributed by atoms with Crippen LogP contribution in [-0.4, -0.2) is 72.0 Å². The third kappa shape index (κ3) is 6.94. The van der Waals surface area contributed by atoms with Gasteiger partial charge >= 0.3 is 0 Å². The van der Waals surface area contributed by atoms with Gasteiger partial charge in [-0.15, -0.1) is 0 Å². The number of rotatable bonds is 8. The number of fused-ring (bicyclic) bond motifs is 3. The second kappa shape index (κ2) is 13.5. The largest absolute Gasteiger partial charge is 0.493 e. The van der Waals surface area contributed by atoms with Crippen LogP contribution in [0, 0.1) is 0 Å². The first-order chi connectivity index (χ1) is 20.2. The van der Waals surface area contributed by atoms with Gasteiger partial charge in [0.15, 0.2) is 0 Å². The number of carbonyl (C=O) groups excluding carboxylic acids is 1. The highest BCUT2D eigenvalue weighted by molar-refractivity contribution is 5.97. The van der Waals surface area contributed by atoms with Crippen molar-refractivity contribution >= 4 is 11.6 Å². The van der Waals surface area contributed by atoms with Crippen molar-refractivity contribution < 1.29 is 9.53 Å². The molecule has 6 rings (SSSR count). The van der Waals surface area contributed by atoms with Crippen molar-refractivity contribution in [2.75, 3.05) is 44.6 Å². The number of likely N-dealkylation sites (tertiary alicyclic amines) is 1. The van der Waals surface area contributed by atoms with Crippen molar-refractivity contribution in [1.82, 2.24) is 14.7 Å². The molecule has 2 fully saturated rings. The predicted molar refractivity (Wildman–Crippen MR) is 165 cm³/mol. The van der Waals surface area contributed by atoms with Crippen LogP contribution >= 0.6 is 0 Å². The summed E-state index contributed by atoms with van der Waals surface area (Å²) < 4.78 is 6.26.